The molecule has 4 rings (SSSR count). The van der Waals surface area contributed by atoms with Gasteiger partial charge in [0.05, 0.1) is 17.4 Å². The van der Waals surface area contributed by atoms with E-state index < -0.39 is 17.8 Å². The van der Waals surface area contributed by atoms with E-state index >= 15 is 0 Å². The lowest BCUT2D eigenvalue weighted by molar-refractivity contribution is -0.143. The molecular weight excluding hydrogens is 369 g/mol. The van der Waals surface area contributed by atoms with Crippen LogP contribution in [0.15, 0.2) is 30.5 Å². The molecule has 0 unspecified atom stereocenters. The maximum atomic E-state index is 13.9. The first-order valence-electron chi connectivity index (χ1n) is 9.57. The van der Waals surface area contributed by atoms with E-state index in [0.29, 0.717) is 30.6 Å². The minimum Gasteiger partial charge on any atom is -0.339 e. The Bertz CT molecular complexity index is 863. The summed E-state index contributed by atoms with van der Waals surface area (Å²) in [6.45, 7) is 4.61. The molecule has 0 radical (unpaired) electrons. The molecule has 2 saturated heterocycles. The Morgan fingerprint density at radius 3 is 2.46 bits per heavy atom. The number of hydrogen-bond acceptors (Lipinski definition) is 3. The number of carbonyl (C=O) groups is 1. The highest BCUT2D eigenvalue weighted by Gasteiger charge is 2.42. The van der Waals surface area contributed by atoms with Crippen molar-refractivity contribution in [3.05, 3.63) is 47.3 Å². The molecule has 0 spiro atoms. The van der Waals surface area contributed by atoms with E-state index in [2.05, 4.69) is 10.4 Å². The maximum absolute atomic E-state index is 13.9. The van der Waals surface area contributed by atoms with Crippen LogP contribution in [0.25, 0.3) is 5.69 Å². The number of benzene rings is 1. The fourth-order valence-electron chi connectivity index (χ4n) is 4.32. The van der Waals surface area contributed by atoms with Crippen LogP contribution in [0.2, 0.25) is 0 Å². The largest absolute Gasteiger partial charge is 0.434 e. The Balaban J connectivity index is 1.66. The van der Waals surface area contributed by atoms with Crippen molar-refractivity contribution in [2.75, 3.05) is 26.2 Å². The topological polar surface area (TPSA) is 50.2 Å². The van der Waals surface area contributed by atoms with Gasteiger partial charge >= 0.3 is 6.18 Å². The molecule has 8 heteroatoms. The first kappa shape index (κ1) is 19.0. The van der Waals surface area contributed by atoms with Crippen molar-refractivity contribution >= 4 is 5.91 Å². The van der Waals surface area contributed by atoms with E-state index in [4.69, 9.17) is 0 Å². The van der Waals surface area contributed by atoms with Gasteiger partial charge in [0.1, 0.15) is 0 Å². The first-order valence-corrected chi connectivity index (χ1v) is 9.57. The average molecular weight is 392 g/mol. The molecule has 1 aromatic carbocycles. The Labute approximate surface area is 161 Å². The number of nitrogens with zero attached hydrogens (tertiary/aromatic N) is 3. The van der Waals surface area contributed by atoms with Gasteiger partial charge in [0.2, 0.25) is 0 Å². The van der Waals surface area contributed by atoms with Crippen LogP contribution < -0.4 is 5.32 Å². The number of likely N-dealkylation sites (tertiary alicyclic amines) is 1. The SMILES string of the molecule is Cc1cccc(-n2ncc(C(=O)N3CC[C@@H]4CNC[C@@H]4CC3)c2C(F)(F)F)c1. The fraction of sp³-hybridized carbons (Fsp3) is 0.500. The highest BCUT2D eigenvalue weighted by Crippen LogP contribution is 2.35. The number of carbonyl (C=O) groups excluding carboxylic acids is 1. The molecule has 2 atom stereocenters. The summed E-state index contributed by atoms with van der Waals surface area (Å²) in [6.07, 6.45) is -1.99. The zero-order valence-electron chi connectivity index (χ0n) is 15.7. The molecule has 28 heavy (non-hydrogen) atoms. The molecule has 150 valence electrons. The smallest absolute Gasteiger partial charge is 0.339 e. The van der Waals surface area contributed by atoms with Crippen LogP contribution in [0.3, 0.4) is 0 Å². The van der Waals surface area contributed by atoms with Gasteiger partial charge in [-0.15, -0.1) is 0 Å². The van der Waals surface area contributed by atoms with Crippen molar-refractivity contribution in [2.24, 2.45) is 11.8 Å². The highest BCUT2D eigenvalue weighted by atomic mass is 19.4. The lowest BCUT2D eigenvalue weighted by Gasteiger charge is -2.21. The number of amides is 1. The maximum Gasteiger partial charge on any atom is 0.434 e. The highest BCUT2D eigenvalue weighted by molar-refractivity contribution is 5.95. The molecule has 1 aromatic heterocycles. The summed E-state index contributed by atoms with van der Waals surface area (Å²) in [5, 5.41) is 7.29. The molecule has 2 aliphatic rings. The van der Waals surface area contributed by atoms with Crippen molar-refractivity contribution < 1.29 is 18.0 Å². The molecule has 0 aliphatic carbocycles. The number of nitrogens with one attached hydrogen (secondary N) is 1. The predicted molar refractivity (Wildman–Crippen MR) is 98.3 cm³/mol. The number of fused-ring (bicyclic) bond motifs is 1. The summed E-state index contributed by atoms with van der Waals surface area (Å²) in [4.78, 5) is 14.6. The first-order chi connectivity index (χ1) is 13.3. The van der Waals surface area contributed by atoms with E-state index in [0.717, 1.165) is 42.4 Å². The van der Waals surface area contributed by atoms with Crippen LogP contribution in [0, 0.1) is 18.8 Å². The summed E-state index contributed by atoms with van der Waals surface area (Å²) in [7, 11) is 0. The quantitative estimate of drug-likeness (QED) is 0.854. The molecule has 0 bridgehead atoms. The second-order valence-electron chi connectivity index (χ2n) is 7.70. The zero-order valence-corrected chi connectivity index (χ0v) is 15.7. The normalized spacial score (nSPS) is 22.8. The Morgan fingerprint density at radius 1 is 1.18 bits per heavy atom. The van der Waals surface area contributed by atoms with Gasteiger partial charge in [-0.1, -0.05) is 12.1 Å². The number of halogens is 3. The average Bonchev–Trinajstić information content (AvgIpc) is 3.24. The van der Waals surface area contributed by atoms with Crippen molar-refractivity contribution in [1.82, 2.24) is 20.0 Å². The third kappa shape index (κ3) is 3.53. The molecule has 2 aromatic rings. The summed E-state index contributed by atoms with van der Waals surface area (Å²) in [5.41, 5.74) is -0.266. The van der Waals surface area contributed by atoms with Crippen LogP contribution in [0.4, 0.5) is 13.2 Å². The summed E-state index contributed by atoms with van der Waals surface area (Å²) >= 11 is 0. The lowest BCUT2D eigenvalue weighted by atomic mass is 9.92. The Morgan fingerprint density at radius 2 is 1.86 bits per heavy atom. The van der Waals surface area contributed by atoms with Gasteiger partial charge in [-0.2, -0.15) is 18.3 Å². The van der Waals surface area contributed by atoms with Crippen molar-refractivity contribution in [2.45, 2.75) is 25.9 Å². The second kappa shape index (κ2) is 7.24. The molecule has 0 saturated carbocycles. The van der Waals surface area contributed by atoms with E-state index in [1.807, 2.05) is 0 Å². The summed E-state index contributed by atoms with van der Waals surface area (Å²) < 4.78 is 42.5. The van der Waals surface area contributed by atoms with Gasteiger partial charge < -0.3 is 10.2 Å². The number of hydrogen-bond donors (Lipinski definition) is 1. The minimum absolute atomic E-state index is 0.294. The summed E-state index contributed by atoms with van der Waals surface area (Å²) in [5.74, 6) is 0.406. The third-order valence-electron chi connectivity index (χ3n) is 5.82. The van der Waals surface area contributed by atoms with Crippen molar-refractivity contribution in [1.29, 1.82) is 0 Å². The molecule has 2 fully saturated rings. The third-order valence-corrected chi connectivity index (χ3v) is 5.82. The van der Waals surface area contributed by atoms with E-state index in [1.165, 1.54) is 0 Å². The van der Waals surface area contributed by atoms with E-state index in [1.54, 1.807) is 36.1 Å². The van der Waals surface area contributed by atoms with E-state index in [9.17, 15) is 18.0 Å². The van der Waals surface area contributed by atoms with Crippen LogP contribution in [0.1, 0.15) is 34.5 Å². The predicted octanol–water partition coefficient (Wildman–Crippen LogP) is 3.27. The standard InChI is InChI=1S/C20H23F3N4O/c1-13-3-2-4-16(9-13)27-18(20(21,22)23)17(12-25-27)19(28)26-7-5-14-10-24-11-15(14)6-8-26/h2-4,9,12,14-15,24H,5-8,10-11H2,1H3/t14-,15+. The van der Waals surface area contributed by atoms with Crippen LogP contribution in [-0.2, 0) is 6.18 Å². The molecule has 2 aliphatic heterocycles. The van der Waals surface area contributed by atoms with Crippen LogP contribution in [-0.4, -0.2) is 46.8 Å². The number of rotatable bonds is 2. The lowest BCUT2D eigenvalue weighted by Crippen LogP contribution is -2.34. The van der Waals surface area contributed by atoms with Crippen LogP contribution >= 0.6 is 0 Å². The van der Waals surface area contributed by atoms with Gasteiger partial charge in [0, 0.05) is 13.1 Å². The number of aryl methyl sites for hydroxylation is 1. The van der Waals surface area contributed by atoms with Gasteiger partial charge in [0.25, 0.3) is 5.91 Å². The van der Waals surface area contributed by atoms with Gasteiger partial charge in [-0.25, -0.2) is 4.68 Å². The summed E-state index contributed by atoms with van der Waals surface area (Å²) in [6, 6.07) is 6.66. The molecular formula is C20H23F3N4O. The van der Waals surface area contributed by atoms with E-state index in [-0.39, 0.29) is 5.56 Å². The Hall–Kier alpha value is -2.35. The molecule has 5 nitrogen and oxygen atoms in total. The Kier molecular flexibility index (Phi) is 4.91. The molecule has 3 heterocycles. The van der Waals surface area contributed by atoms with Crippen molar-refractivity contribution in [3.63, 3.8) is 0 Å². The minimum atomic E-state index is -4.68. The van der Waals surface area contributed by atoms with Gasteiger partial charge in [-0.3, -0.25) is 4.79 Å². The van der Waals surface area contributed by atoms with Crippen LogP contribution in [0.5, 0.6) is 0 Å². The number of alkyl halides is 3. The second-order valence-corrected chi connectivity index (χ2v) is 7.70. The monoisotopic (exact) mass is 392 g/mol. The fourth-order valence-corrected chi connectivity index (χ4v) is 4.32. The van der Waals surface area contributed by atoms with Gasteiger partial charge in [0.15, 0.2) is 5.69 Å². The molecule has 1 N–H and O–H groups in total. The zero-order chi connectivity index (χ0) is 19.9. The van der Waals surface area contributed by atoms with Gasteiger partial charge in [-0.05, 0) is 62.4 Å². The molecule has 1 amide bonds. The van der Waals surface area contributed by atoms with Crippen molar-refractivity contribution in [3.8, 4) is 5.69 Å². The number of aromatic nitrogens is 2.